The highest BCUT2D eigenvalue weighted by atomic mass is 16.7. The topological polar surface area (TPSA) is 96.7 Å². The molecule has 10 aromatic carbocycles. The molecule has 0 N–H and O–H groups in total. The molecule has 0 saturated carbocycles. The highest BCUT2D eigenvalue weighted by Crippen LogP contribution is 2.59. The van der Waals surface area contributed by atoms with Crippen molar-refractivity contribution in [1.82, 2.24) is 0 Å². The molecule has 0 saturated heterocycles. The number of rotatable bonds is 6. The number of hydrogen-bond acceptors (Lipinski definition) is 12. The van der Waals surface area contributed by atoms with Crippen LogP contribution >= 0.6 is 0 Å². The van der Waals surface area contributed by atoms with Gasteiger partial charge in [0.2, 0.25) is 27.2 Å². The summed E-state index contributed by atoms with van der Waals surface area (Å²) in [5.41, 5.74) is 17.6. The molecule has 0 spiro atoms. The van der Waals surface area contributed by atoms with Gasteiger partial charge in [-0.15, -0.1) is 0 Å². The van der Waals surface area contributed by atoms with Crippen molar-refractivity contribution in [3.8, 4) is 68.4 Å². The SMILES string of the molecule is CC1(C)c2ccccc2-c2ccc(N(c3cc4c5c(c3)N(c3cccc6c3OCO6)c3c(ccc6c3OCO6)B5c3ccc5c(c3N4c3cccc4c3OCO4)OCO5)c3ccc4cc(-c5cc6ccccc6o5)ccc4c3)cc21. The first-order chi connectivity index (χ1) is 39.4. The Balaban J connectivity index is 0.940. The maximum Gasteiger partial charge on any atom is 0.252 e. The number of ether oxygens (including phenoxy) is 8. The third-order valence-electron chi connectivity index (χ3n) is 17.2. The van der Waals surface area contributed by atoms with Gasteiger partial charge in [-0.3, -0.25) is 0 Å². The lowest BCUT2D eigenvalue weighted by Gasteiger charge is -2.45. The van der Waals surface area contributed by atoms with Crippen molar-refractivity contribution < 1.29 is 42.3 Å². The molecule has 1 aliphatic carbocycles. The highest BCUT2D eigenvalue weighted by molar-refractivity contribution is 7.00. The van der Waals surface area contributed by atoms with E-state index in [0.29, 0.717) is 46.0 Å². The molecule has 0 amide bonds. The predicted molar refractivity (Wildman–Crippen MR) is 310 cm³/mol. The third-order valence-corrected chi connectivity index (χ3v) is 17.2. The Bertz CT molecular complexity index is 4370. The van der Waals surface area contributed by atoms with E-state index in [1.54, 1.807) is 0 Å². The smallest absolute Gasteiger partial charge is 0.252 e. The number of fused-ring (bicyclic) bond motifs is 15. The fourth-order valence-corrected chi connectivity index (χ4v) is 13.6. The van der Waals surface area contributed by atoms with Crippen LogP contribution in [0.5, 0.6) is 46.0 Å². The van der Waals surface area contributed by atoms with E-state index in [9.17, 15) is 0 Å². The predicted octanol–water partition coefficient (Wildman–Crippen LogP) is 14.0. The van der Waals surface area contributed by atoms with Crippen molar-refractivity contribution in [2.45, 2.75) is 19.3 Å². The number of anilines is 9. The van der Waals surface area contributed by atoms with Gasteiger partial charge < -0.3 is 57.0 Å². The van der Waals surface area contributed by atoms with Crippen LogP contribution in [0.2, 0.25) is 0 Å². The van der Waals surface area contributed by atoms with Gasteiger partial charge in [0, 0.05) is 39.1 Å². The fraction of sp³-hybridized carbons (Fsp3) is 0.104. The number of benzene rings is 10. The Kier molecular flexibility index (Phi) is 8.77. The maximum absolute atomic E-state index is 6.59. The van der Waals surface area contributed by atoms with E-state index in [2.05, 4.69) is 156 Å². The molecule has 11 aromatic rings. The zero-order valence-corrected chi connectivity index (χ0v) is 43.2. The van der Waals surface area contributed by atoms with Gasteiger partial charge in [0.15, 0.2) is 46.0 Å². The standard InChI is InChI=1S/C67H44BN3O9/c1-67(2)46-11-5-4-10-44(46)45-22-21-42(30-47(45)67)69(41-20-19-37-27-40(18-17-38(37)28-41)59-29-39-9-3-6-14-54(39)80-59)43-31-52-60-53(32-43)71(51-13-8-16-56-64(51)77-34-73-56)62-49(24-26-58-66(62)79-36-75-58)68(60)48-23-25-57-65(78-35-74-57)61(48)70(52)50-12-7-15-55-63(50)76-33-72-55/h3-32H,33-36H2,1-2H3. The first-order valence-electron chi connectivity index (χ1n) is 26.9. The molecule has 0 radical (unpaired) electrons. The lowest BCUT2D eigenvalue weighted by atomic mass is 9.33. The summed E-state index contributed by atoms with van der Waals surface area (Å²) in [6.07, 6.45) is 0. The number of hydrogen-bond donors (Lipinski definition) is 0. The van der Waals surface area contributed by atoms with Gasteiger partial charge in [-0.25, -0.2) is 0 Å². The second-order valence-corrected chi connectivity index (χ2v) is 21.6. The molecule has 0 fully saturated rings. The van der Waals surface area contributed by atoms with Crippen LogP contribution in [0.3, 0.4) is 0 Å². The van der Waals surface area contributed by atoms with Crippen LogP contribution in [0.15, 0.2) is 186 Å². The van der Waals surface area contributed by atoms with Gasteiger partial charge in [0.05, 0.1) is 28.4 Å². The van der Waals surface area contributed by atoms with E-state index in [1.807, 2.05) is 54.6 Å². The van der Waals surface area contributed by atoms with Gasteiger partial charge in [-0.1, -0.05) is 105 Å². The van der Waals surface area contributed by atoms with Crippen molar-refractivity contribution in [1.29, 1.82) is 0 Å². The summed E-state index contributed by atoms with van der Waals surface area (Å²) in [6.45, 7) is 4.65. The fourth-order valence-electron chi connectivity index (χ4n) is 13.6. The highest BCUT2D eigenvalue weighted by Gasteiger charge is 2.49. The summed E-state index contributed by atoms with van der Waals surface area (Å²) in [6, 6.07) is 64.5. The molecule has 18 rings (SSSR count). The molecular weight excluding hydrogens is 1000 g/mol. The van der Waals surface area contributed by atoms with Crippen LogP contribution in [-0.2, 0) is 5.41 Å². The van der Waals surface area contributed by atoms with Crippen LogP contribution in [-0.4, -0.2) is 33.9 Å². The zero-order valence-electron chi connectivity index (χ0n) is 43.2. The summed E-state index contributed by atoms with van der Waals surface area (Å²) in [7, 11) is 0. The van der Waals surface area contributed by atoms with Crippen LogP contribution in [0.1, 0.15) is 25.0 Å². The van der Waals surface area contributed by atoms with E-state index in [-0.39, 0.29) is 39.3 Å². The first-order valence-corrected chi connectivity index (χ1v) is 26.9. The molecular formula is C67H44BN3O9. The largest absolute Gasteiger partial charge is 0.456 e. The summed E-state index contributed by atoms with van der Waals surface area (Å²) >= 11 is 0. The normalized spacial score (nSPS) is 15.5. The number of furan rings is 1. The van der Waals surface area contributed by atoms with Gasteiger partial charge >= 0.3 is 0 Å². The van der Waals surface area contributed by atoms with E-state index in [1.165, 1.54) is 22.3 Å². The van der Waals surface area contributed by atoms with Crippen LogP contribution in [0, 0.1) is 0 Å². The quantitative estimate of drug-likeness (QED) is 0.148. The molecule has 1 aromatic heterocycles. The lowest BCUT2D eigenvalue weighted by molar-refractivity contribution is 0.173. The van der Waals surface area contributed by atoms with Crippen LogP contribution in [0.25, 0.3) is 44.2 Å². The van der Waals surface area contributed by atoms with Gasteiger partial charge in [0.25, 0.3) is 6.71 Å². The van der Waals surface area contributed by atoms with E-state index in [0.717, 1.165) is 101 Å². The maximum atomic E-state index is 6.59. The summed E-state index contributed by atoms with van der Waals surface area (Å²) in [5.74, 6) is 5.98. The Morgan fingerprint density at radius 3 is 1.65 bits per heavy atom. The van der Waals surface area contributed by atoms with Crippen LogP contribution < -0.4 is 69.0 Å². The monoisotopic (exact) mass is 1050 g/mol. The molecule has 7 heterocycles. The van der Waals surface area contributed by atoms with Crippen LogP contribution in [0.4, 0.5) is 51.2 Å². The number of para-hydroxylation sites is 3. The molecule has 13 heteroatoms. The van der Waals surface area contributed by atoms with Crippen molar-refractivity contribution in [3.05, 3.63) is 193 Å². The minimum absolute atomic E-state index is 0.0766. The average Bonchev–Trinajstić information content (AvgIpc) is 2.81. The zero-order chi connectivity index (χ0) is 52.5. The molecule has 0 atom stereocenters. The number of nitrogens with zero attached hydrogens (tertiary/aromatic N) is 3. The minimum Gasteiger partial charge on any atom is -0.456 e. The van der Waals surface area contributed by atoms with Crippen molar-refractivity contribution in [2.24, 2.45) is 0 Å². The Morgan fingerprint density at radius 2 is 0.975 bits per heavy atom. The van der Waals surface area contributed by atoms with Gasteiger partial charge in [-0.2, -0.15) is 0 Å². The van der Waals surface area contributed by atoms with Crippen molar-refractivity contribution in [2.75, 3.05) is 41.9 Å². The first kappa shape index (κ1) is 43.9. The molecule has 0 unspecified atom stereocenters. The second kappa shape index (κ2) is 16.0. The summed E-state index contributed by atoms with van der Waals surface area (Å²) in [4.78, 5) is 6.98. The summed E-state index contributed by atoms with van der Waals surface area (Å²) in [5, 5.41) is 3.22. The molecule has 7 aliphatic rings. The van der Waals surface area contributed by atoms with Crippen molar-refractivity contribution in [3.63, 3.8) is 0 Å². The summed E-state index contributed by atoms with van der Waals surface area (Å²) < 4.78 is 57.2. The lowest BCUT2D eigenvalue weighted by Crippen LogP contribution is -2.61. The molecule has 6 aliphatic heterocycles. The molecule has 80 heavy (non-hydrogen) atoms. The Hall–Kier alpha value is -10.1. The van der Waals surface area contributed by atoms with E-state index in [4.69, 9.17) is 42.3 Å². The van der Waals surface area contributed by atoms with Crippen molar-refractivity contribution >= 4 is 96.0 Å². The molecule has 12 nitrogen and oxygen atoms in total. The van der Waals surface area contributed by atoms with Gasteiger partial charge in [0.1, 0.15) is 11.3 Å². The van der Waals surface area contributed by atoms with E-state index < -0.39 is 0 Å². The molecule has 384 valence electrons. The Morgan fingerprint density at radius 1 is 0.412 bits per heavy atom. The minimum atomic E-state index is -0.340. The third kappa shape index (κ3) is 6.00. The second-order valence-electron chi connectivity index (χ2n) is 21.6. The Labute approximate surface area is 459 Å². The van der Waals surface area contributed by atoms with E-state index >= 15 is 0 Å². The van der Waals surface area contributed by atoms with Gasteiger partial charge in [-0.05, 0) is 140 Å². The molecule has 0 bridgehead atoms. The average molecular weight is 1050 g/mol.